The summed E-state index contributed by atoms with van der Waals surface area (Å²) in [6, 6.07) is 0.425. The molecule has 0 spiro atoms. The smallest absolute Gasteiger partial charge is 0.306 e. The normalized spacial score (nSPS) is 24.1. The quantitative estimate of drug-likeness (QED) is 0.818. The van der Waals surface area contributed by atoms with Crippen LogP contribution in [0, 0.1) is 12.8 Å². The predicted molar refractivity (Wildman–Crippen MR) is 64.1 cm³/mol. The van der Waals surface area contributed by atoms with Crippen molar-refractivity contribution in [2.45, 2.75) is 45.1 Å². The Morgan fingerprint density at radius 2 is 2.17 bits per heavy atom. The number of aryl methyl sites for hydroxylation is 1. The van der Waals surface area contributed by atoms with Gasteiger partial charge < -0.3 is 14.9 Å². The number of rotatable bonds is 5. The van der Waals surface area contributed by atoms with Gasteiger partial charge in [-0.15, -0.1) is 0 Å². The van der Waals surface area contributed by atoms with Crippen molar-refractivity contribution >= 4 is 5.97 Å². The van der Waals surface area contributed by atoms with Crippen LogP contribution in [-0.4, -0.2) is 33.8 Å². The fraction of sp³-hybridized carbons (Fsp3) is 0.750. The van der Waals surface area contributed by atoms with Crippen LogP contribution >= 0.6 is 0 Å². The van der Waals surface area contributed by atoms with Gasteiger partial charge in [0.2, 0.25) is 5.89 Å². The van der Waals surface area contributed by atoms with Crippen molar-refractivity contribution in [3.05, 3.63) is 11.7 Å². The van der Waals surface area contributed by atoms with E-state index in [4.69, 9.17) is 9.63 Å². The first kappa shape index (κ1) is 13.0. The Balaban J connectivity index is 1.65. The third-order valence-corrected chi connectivity index (χ3v) is 3.43. The second-order valence-corrected chi connectivity index (χ2v) is 4.82. The summed E-state index contributed by atoms with van der Waals surface area (Å²) >= 11 is 0. The van der Waals surface area contributed by atoms with Gasteiger partial charge in [-0.1, -0.05) is 5.16 Å². The molecule has 0 bridgehead atoms. The topological polar surface area (TPSA) is 88.2 Å². The Labute approximate surface area is 106 Å². The van der Waals surface area contributed by atoms with Gasteiger partial charge in [0, 0.05) is 25.9 Å². The van der Waals surface area contributed by atoms with E-state index in [-0.39, 0.29) is 5.92 Å². The molecule has 1 heterocycles. The number of carboxylic acid groups (broad SMARTS) is 1. The molecule has 0 amide bonds. The molecule has 1 aliphatic carbocycles. The zero-order chi connectivity index (χ0) is 13.0. The number of carbonyl (C=O) groups is 1. The van der Waals surface area contributed by atoms with Crippen LogP contribution < -0.4 is 5.32 Å². The molecule has 1 aromatic heterocycles. The molecule has 6 nitrogen and oxygen atoms in total. The Morgan fingerprint density at radius 3 is 2.72 bits per heavy atom. The predicted octanol–water partition coefficient (Wildman–Crippen LogP) is 1.15. The van der Waals surface area contributed by atoms with E-state index < -0.39 is 5.97 Å². The van der Waals surface area contributed by atoms with Gasteiger partial charge in [0.05, 0.1) is 5.92 Å². The second-order valence-electron chi connectivity index (χ2n) is 4.82. The lowest BCUT2D eigenvalue weighted by Crippen LogP contribution is -2.36. The van der Waals surface area contributed by atoms with Crippen LogP contribution in [0.15, 0.2) is 4.52 Å². The van der Waals surface area contributed by atoms with Gasteiger partial charge in [0.25, 0.3) is 0 Å². The van der Waals surface area contributed by atoms with Gasteiger partial charge in [-0.3, -0.25) is 4.79 Å². The molecule has 0 aromatic carbocycles. The summed E-state index contributed by atoms with van der Waals surface area (Å²) in [5.74, 6) is 0.504. The molecule has 0 saturated heterocycles. The largest absolute Gasteiger partial charge is 0.481 e. The highest BCUT2D eigenvalue weighted by Gasteiger charge is 2.25. The third-order valence-electron chi connectivity index (χ3n) is 3.43. The second kappa shape index (κ2) is 5.95. The van der Waals surface area contributed by atoms with Gasteiger partial charge in [-0.2, -0.15) is 4.98 Å². The molecule has 0 unspecified atom stereocenters. The molecule has 1 aromatic rings. The summed E-state index contributed by atoms with van der Waals surface area (Å²) in [5, 5.41) is 16.2. The molecule has 18 heavy (non-hydrogen) atoms. The molecular weight excluding hydrogens is 234 g/mol. The van der Waals surface area contributed by atoms with E-state index in [1.165, 1.54) is 0 Å². The lowest BCUT2D eigenvalue weighted by atomic mass is 9.86. The first-order valence-corrected chi connectivity index (χ1v) is 6.40. The number of aromatic nitrogens is 2. The van der Waals surface area contributed by atoms with Crippen molar-refractivity contribution in [3.8, 4) is 0 Å². The minimum absolute atomic E-state index is 0.150. The summed E-state index contributed by atoms with van der Waals surface area (Å²) in [6.07, 6.45) is 4.16. The molecule has 1 fully saturated rings. The molecule has 6 heteroatoms. The molecule has 2 rings (SSSR count). The van der Waals surface area contributed by atoms with Gasteiger partial charge in [-0.05, 0) is 25.7 Å². The van der Waals surface area contributed by atoms with E-state index in [1.807, 2.05) is 0 Å². The fourth-order valence-electron chi connectivity index (χ4n) is 2.38. The fourth-order valence-corrected chi connectivity index (χ4v) is 2.38. The van der Waals surface area contributed by atoms with Crippen LogP contribution in [0.5, 0.6) is 0 Å². The molecule has 1 saturated carbocycles. The van der Waals surface area contributed by atoms with Crippen LogP contribution in [0.1, 0.15) is 37.4 Å². The van der Waals surface area contributed by atoms with E-state index in [9.17, 15) is 4.79 Å². The summed E-state index contributed by atoms with van der Waals surface area (Å²) in [4.78, 5) is 14.9. The lowest BCUT2D eigenvalue weighted by molar-refractivity contribution is -0.142. The van der Waals surface area contributed by atoms with Gasteiger partial charge >= 0.3 is 5.97 Å². The average molecular weight is 253 g/mol. The minimum atomic E-state index is -0.657. The molecule has 100 valence electrons. The third kappa shape index (κ3) is 3.53. The minimum Gasteiger partial charge on any atom is -0.481 e. The maximum absolute atomic E-state index is 10.8. The Morgan fingerprint density at radius 1 is 1.44 bits per heavy atom. The first-order valence-electron chi connectivity index (χ1n) is 6.40. The number of carboxylic acids is 1. The highest BCUT2D eigenvalue weighted by atomic mass is 16.5. The number of aliphatic carboxylic acids is 1. The van der Waals surface area contributed by atoms with Gasteiger partial charge in [-0.25, -0.2) is 0 Å². The Bertz CT molecular complexity index is 397. The maximum Gasteiger partial charge on any atom is 0.306 e. The average Bonchev–Trinajstić information content (AvgIpc) is 2.76. The van der Waals surface area contributed by atoms with Crippen molar-refractivity contribution in [2.75, 3.05) is 6.54 Å². The highest BCUT2D eigenvalue weighted by Crippen LogP contribution is 2.24. The lowest BCUT2D eigenvalue weighted by Gasteiger charge is -2.26. The SMILES string of the molecule is Cc1nc(CCNC2CCC(C(=O)O)CC2)no1. The van der Waals surface area contributed by atoms with E-state index in [1.54, 1.807) is 6.92 Å². The van der Waals surface area contributed by atoms with Crippen LogP contribution in [-0.2, 0) is 11.2 Å². The molecule has 1 aliphatic rings. The van der Waals surface area contributed by atoms with Crippen molar-refractivity contribution in [1.29, 1.82) is 0 Å². The molecule has 0 radical (unpaired) electrons. The number of hydrogen-bond donors (Lipinski definition) is 2. The van der Waals surface area contributed by atoms with E-state index in [2.05, 4.69) is 15.5 Å². The van der Waals surface area contributed by atoms with E-state index in [0.717, 1.165) is 44.5 Å². The zero-order valence-corrected chi connectivity index (χ0v) is 10.6. The highest BCUT2D eigenvalue weighted by molar-refractivity contribution is 5.70. The van der Waals surface area contributed by atoms with Crippen LogP contribution in [0.4, 0.5) is 0 Å². The monoisotopic (exact) mass is 253 g/mol. The number of nitrogens with one attached hydrogen (secondary N) is 1. The molecule has 2 N–H and O–H groups in total. The summed E-state index contributed by atoms with van der Waals surface area (Å²) in [7, 11) is 0. The van der Waals surface area contributed by atoms with Crippen molar-refractivity contribution in [1.82, 2.24) is 15.5 Å². The zero-order valence-electron chi connectivity index (χ0n) is 10.6. The first-order chi connectivity index (χ1) is 8.65. The van der Waals surface area contributed by atoms with Crippen LogP contribution in [0.25, 0.3) is 0 Å². The standard InChI is InChI=1S/C12H19N3O3/c1-8-14-11(15-18-8)6-7-13-10-4-2-9(3-5-10)12(16)17/h9-10,13H,2-7H2,1H3,(H,16,17). The number of hydrogen-bond acceptors (Lipinski definition) is 5. The summed E-state index contributed by atoms with van der Waals surface area (Å²) in [6.45, 7) is 2.58. The summed E-state index contributed by atoms with van der Waals surface area (Å²) in [5.41, 5.74) is 0. The Kier molecular flexibility index (Phi) is 4.30. The van der Waals surface area contributed by atoms with Gasteiger partial charge in [0.15, 0.2) is 5.82 Å². The van der Waals surface area contributed by atoms with Crippen molar-refractivity contribution in [3.63, 3.8) is 0 Å². The van der Waals surface area contributed by atoms with E-state index in [0.29, 0.717) is 11.9 Å². The molecular formula is C12H19N3O3. The van der Waals surface area contributed by atoms with Crippen LogP contribution in [0.2, 0.25) is 0 Å². The van der Waals surface area contributed by atoms with Gasteiger partial charge in [0.1, 0.15) is 0 Å². The van der Waals surface area contributed by atoms with E-state index >= 15 is 0 Å². The molecule has 0 atom stereocenters. The maximum atomic E-state index is 10.8. The summed E-state index contributed by atoms with van der Waals surface area (Å²) < 4.78 is 4.89. The van der Waals surface area contributed by atoms with Crippen molar-refractivity contribution in [2.24, 2.45) is 5.92 Å². The number of nitrogens with zero attached hydrogens (tertiary/aromatic N) is 2. The Hall–Kier alpha value is -1.43. The van der Waals surface area contributed by atoms with Crippen molar-refractivity contribution < 1.29 is 14.4 Å². The molecule has 0 aliphatic heterocycles. The van der Waals surface area contributed by atoms with Crippen LogP contribution in [0.3, 0.4) is 0 Å².